The number of carbonyl (C=O) groups is 1. The van der Waals surface area contributed by atoms with Crippen LogP contribution in [-0.2, 0) is 19.3 Å². The predicted molar refractivity (Wildman–Crippen MR) is 159 cm³/mol. The van der Waals surface area contributed by atoms with E-state index >= 15 is 0 Å². The lowest BCUT2D eigenvalue weighted by Gasteiger charge is -2.21. The molecule has 4 heteroatoms. The number of ether oxygens (including phenoxy) is 3. The summed E-state index contributed by atoms with van der Waals surface area (Å²) in [6.07, 6.45) is 11.2. The van der Waals surface area contributed by atoms with E-state index in [1.165, 1.54) is 55.2 Å². The van der Waals surface area contributed by atoms with E-state index in [-0.39, 0.29) is 12.8 Å². The molecule has 4 aromatic carbocycles. The van der Waals surface area contributed by atoms with Crippen molar-refractivity contribution in [1.82, 2.24) is 0 Å². The van der Waals surface area contributed by atoms with Gasteiger partial charge in [-0.2, -0.15) is 0 Å². The normalized spacial score (nSPS) is 13.5. The van der Waals surface area contributed by atoms with Crippen LogP contribution < -0.4 is 14.2 Å². The molecule has 1 fully saturated rings. The van der Waals surface area contributed by atoms with Crippen molar-refractivity contribution in [2.45, 2.75) is 57.8 Å². The molecule has 0 spiro atoms. The molecule has 40 heavy (non-hydrogen) atoms. The largest absolute Gasteiger partial charge is 0.458 e. The first-order valence-electron chi connectivity index (χ1n) is 14.5. The van der Waals surface area contributed by atoms with E-state index in [9.17, 15) is 4.79 Å². The Kier molecular flexibility index (Phi) is 9.88. The van der Waals surface area contributed by atoms with Gasteiger partial charge in [-0.25, -0.2) is 4.79 Å². The third kappa shape index (κ3) is 8.47. The highest BCUT2D eigenvalue weighted by molar-refractivity contribution is 5.91. The van der Waals surface area contributed by atoms with E-state index in [1.54, 1.807) is 24.3 Å². The van der Waals surface area contributed by atoms with Crippen LogP contribution in [-0.4, -0.2) is 12.8 Å². The van der Waals surface area contributed by atoms with Gasteiger partial charge < -0.3 is 14.2 Å². The van der Waals surface area contributed by atoms with Crippen molar-refractivity contribution in [3.05, 3.63) is 125 Å². The molecule has 206 valence electrons. The minimum Gasteiger partial charge on any atom is -0.458 e. The molecule has 1 aliphatic rings. The van der Waals surface area contributed by atoms with Gasteiger partial charge in [-0.05, 0) is 96.8 Å². The van der Waals surface area contributed by atoms with Crippen LogP contribution in [0, 0.1) is 5.92 Å². The predicted octanol–water partition coefficient (Wildman–Crippen LogP) is 8.62. The fourth-order valence-corrected chi connectivity index (χ4v) is 5.28. The van der Waals surface area contributed by atoms with Crippen LogP contribution in [0.25, 0.3) is 0 Å². The summed E-state index contributed by atoms with van der Waals surface area (Å²) in [4.78, 5) is 12.6. The van der Waals surface area contributed by atoms with Gasteiger partial charge in [0.1, 0.15) is 17.2 Å². The van der Waals surface area contributed by atoms with Crippen LogP contribution in [0.4, 0.5) is 0 Å². The van der Waals surface area contributed by atoms with Gasteiger partial charge in [0.15, 0.2) is 0 Å². The van der Waals surface area contributed by atoms with Crippen molar-refractivity contribution in [3.8, 4) is 17.2 Å². The Morgan fingerprint density at radius 3 is 1.75 bits per heavy atom. The van der Waals surface area contributed by atoms with E-state index in [4.69, 9.17) is 14.2 Å². The molecule has 4 nitrogen and oxygen atoms in total. The van der Waals surface area contributed by atoms with Gasteiger partial charge in [0.2, 0.25) is 6.79 Å². The van der Waals surface area contributed by atoms with E-state index in [2.05, 4.69) is 48.5 Å². The van der Waals surface area contributed by atoms with Crippen LogP contribution in [0.2, 0.25) is 0 Å². The molecule has 0 unspecified atom stereocenters. The molecular formula is C36H38O4. The van der Waals surface area contributed by atoms with Crippen molar-refractivity contribution >= 4 is 5.97 Å². The van der Waals surface area contributed by atoms with Gasteiger partial charge >= 0.3 is 5.97 Å². The van der Waals surface area contributed by atoms with Crippen LogP contribution >= 0.6 is 0 Å². The number of rotatable bonds is 12. The molecule has 0 atom stereocenters. The van der Waals surface area contributed by atoms with E-state index in [0.717, 1.165) is 30.9 Å². The number of hydrogen-bond acceptors (Lipinski definition) is 4. The summed E-state index contributed by atoms with van der Waals surface area (Å²) in [6, 6.07) is 33.4. The Hall–Kier alpha value is -4.05. The fraction of sp³-hybridized carbons (Fsp3) is 0.306. The molecule has 0 radical (unpaired) electrons. The van der Waals surface area contributed by atoms with Gasteiger partial charge in [0.05, 0.1) is 5.56 Å². The minimum atomic E-state index is -0.358. The average molecular weight is 535 g/mol. The van der Waals surface area contributed by atoms with Crippen LogP contribution in [0.3, 0.4) is 0 Å². The van der Waals surface area contributed by atoms with Gasteiger partial charge in [0.25, 0.3) is 0 Å². The number of hydrogen-bond donors (Lipinski definition) is 0. The molecular weight excluding hydrogens is 496 g/mol. The van der Waals surface area contributed by atoms with Gasteiger partial charge in [-0.15, -0.1) is 0 Å². The van der Waals surface area contributed by atoms with Crippen LogP contribution in [0.5, 0.6) is 17.2 Å². The summed E-state index contributed by atoms with van der Waals surface area (Å²) in [5, 5.41) is 0. The summed E-state index contributed by atoms with van der Waals surface area (Å²) >= 11 is 0. The first-order chi connectivity index (χ1) is 19.7. The summed E-state index contributed by atoms with van der Waals surface area (Å²) < 4.78 is 17.0. The first kappa shape index (κ1) is 27.5. The SMILES string of the molecule is O=C(Oc1ccc(OCOc2ccc(CCc3ccccc3)cc2)cc1)c1ccc(CCC2CCCCC2)cc1. The second kappa shape index (κ2) is 14.4. The van der Waals surface area contributed by atoms with Gasteiger partial charge in [-0.1, -0.05) is 86.7 Å². The first-order valence-corrected chi connectivity index (χ1v) is 14.5. The second-order valence-electron chi connectivity index (χ2n) is 10.6. The van der Waals surface area contributed by atoms with Crippen molar-refractivity contribution in [2.75, 3.05) is 6.79 Å². The molecule has 0 heterocycles. The van der Waals surface area contributed by atoms with Crippen molar-refractivity contribution in [3.63, 3.8) is 0 Å². The molecule has 0 N–H and O–H groups in total. The summed E-state index contributed by atoms with van der Waals surface area (Å²) in [7, 11) is 0. The zero-order valence-electron chi connectivity index (χ0n) is 23.1. The zero-order chi connectivity index (χ0) is 27.4. The van der Waals surface area contributed by atoms with E-state index < -0.39 is 0 Å². The highest BCUT2D eigenvalue weighted by atomic mass is 16.7. The molecule has 5 rings (SSSR count). The maximum absolute atomic E-state index is 12.6. The number of carbonyl (C=O) groups excluding carboxylic acids is 1. The molecule has 0 amide bonds. The maximum Gasteiger partial charge on any atom is 0.343 e. The molecule has 1 saturated carbocycles. The third-order valence-electron chi connectivity index (χ3n) is 7.71. The molecule has 0 aliphatic heterocycles. The van der Waals surface area contributed by atoms with E-state index in [0.29, 0.717) is 17.1 Å². The second-order valence-corrected chi connectivity index (χ2v) is 10.6. The molecule has 4 aromatic rings. The average Bonchev–Trinajstić information content (AvgIpc) is 3.02. The topological polar surface area (TPSA) is 44.8 Å². The molecule has 0 saturated heterocycles. The van der Waals surface area contributed by atoms with Crippen molar-refractivity contribution < 1.29 is 19.0 Å². The highest BCUT2D eigenvalue weighted by Gasteiger charge is 2.14. The summed E-state index contributed by atoms with van der Waals surface area (Å²) in [6.45, 7) is 0.0928. The van der Waals surface area contributed by atoms with E-state index in [1.807, 2.05) is 30.3 Å². The quantitative estimate of drug-likeness (QED) is 0.104. The standard InChI is InChI=1S/C36H38O4/c37-36(32-19-15-30(16-20-32)13-11-28-7-3-1-4-8-28)40-35-25-23-34(24-26-35)39-27-38-33-21-17-31(18-22-33)14-12-29-9-5-2-6-10-29/h2,5-6,9-10,15-26,28H,1,3-4,7-8,11-14,27H2. The smallest absolute Gasteiger partial charge is 0.343 e. The Balaban J connectivity index is 1.02. The number of esters is 1. The third-order valence-corrected chi connectivity index (χ3v) is 7.71. The molecule has 0 bridgehead atoms. The lowest BCUT2D eigenvalue weighted by molar-refractivity contribution is 0.0734. The van der Waals surface area contributed by atoms with Crippen LogP contribution in [0.1, 0.15) is 65.6 Å². The Morgan fingerprint density at radius 1 is 0.575 bits per heavy atom. The molecule has 1 aliphatic carbocycles. The summed E-state index contributed by atoms with van der Waals surface area (Å²) in [5.74, 6) is 2.38. The maximum atomic E-state index is 12.6. The van der Waals surface area contributed by atoms with Crippen molar-refractivity contribution in [1.29, 1.82) is 0 Å². The number of aryl methyl sites for hydroxylation is 3. The molecule has 0 aromatic heterocycles. The fourth-order valence-electron chi connectivity index (χ4n) is 5.28. The Bertz CT molecular complexity index is 1310. The monoisotopic (exact) mass is 534 g/mol. The lowest BCUT2D eigenvalue weighted by atomic mass is 9.85. The Labute approximate surface area is 237 Å². The van der Waals surface area contributed by atoms with Crippen LogP contribution in [0.15, 0.2) is 103 Å². The van der Waals surface area contributed by atoms with Crippen molar-refractivity contribution in [2.24, 2.45) is 5.92 Å². The lowest BCUT2D eigenvalue weighted by Crippen LogP contribution is -2.09. The minimum absolute atomic E-state index is 0.0928. The van der Waals surface area contributed by atoms with Gasteiger partial charge in [0, 0.05) is 0 Å². The zero-order valence-corrected chi connectivity index (χ0v) is 23.1. The van der Waals surface area contributed by atoms with Gasteiger partial charge in [-0.3, -0.25) is 0 Å². The Morgan fingerprint density at radius 2 is 1.10 bits per heavy atom. The number of benzene rings is 4. The highest BCUT2D eigenvalue weighted by Crippen LogP contribution is 2.27. The summed E-state index contributed by atoms with van der Waals surface area (Å²) in [5.41, 5.74) is 4.45.